The van der Waals surface area contributed by atoms with E-state index in [1.165, 1.54) is 12.1 Å². The van der Waals surface area contributed by atoms with Crippen LogP contribution < -0.4 is 4.74 Å². The molecule has 0 atom stereocenters. The molecule has 3 aromatic carbocycles. The van der Waals surface area contributed by atoms with Gasteiger partial charge in [-0.05, 0) is 41.5 Å². The summed E-state index contributed by atoms with van der Waals surface area (Å²) in [6, 6.07) is 28.1. The first-order valence-electron chi connectivity index (χ1n) is 9.12. The molecule has 0 spiro atoms. The highest BCUT2D eigenvalue weighted by Crippen LogP contribution is 2.27. The van der Waals surface area contributed by atoms with Crippen LogP contribution in [0.1, 0.15) is 17.0 Å². The molecule has 4 nitrogen and oxygen atoms in total. The van der Waals surface area contributed by atoms with Crippen molar-refractivity contribution in [2.45, 2.75) is 5.92 Å². The van der Waals surface area contributed by atoms with E-state index < -0.39 is 11.9 Å². The minimum Gasteiger partial charge on any atom is -0.405 e. The van der Waals surface area contributed by atoms with Crippen LogP contribution in [0.5, 0.6) is 5.88 Å². The lowest BCUT2D eigenvalue weighted by atomic mass is 9.91. The molecule has 0 fully saturated rings. The quantitative estimate of drug-likeness (QED) is 0.453. The fraction of sp³-hybridized carbons (Fsp3) is 0.0417. The second kappa shape index (κ2) is 8.44. The van der Waals surface area contributed by atoms with Crippen LogP contribution in [0.3, 0.4) is 0 Å². The smallest absolute Gasteiger partial charge is 0.324 e. The monoisotopic (exact) mass is 384 g/mol. The Hall–Kier alpha value is -3.86. The van der Waals surface area contributed by atoms with Gasteiger partial charge in [0.05, 0.1) is 5.69 Å². The molecule has 0 bridgehead atoms. The fourth-order valence-corrected chi connectivity index (χ4v) is 3.07. The van der Waals surface area contributed by atoms with Gasteiger partial charge in [-0.2, -0.15) is 0 Å². The number of hydrogen-bond donors (Lipinski definition) is 0. The molecule has 5 heteroatoms. The Kier molecular flexibility index (Phi) is 5.38. The van der Waals surface area contributed by atoms with Crippen molar-refractivity contribution < 1.29 is 13.9 Å². The zero-order valence-corrected chi connectivity index (χ0v) is 15.4. The molecule has 1 heterocycles. The summed E-state index contributed by atoms with van der Waals surface area (Å²) in [6.07, 6.45) is 0. The van der Waals surface area contributed by atoms with E-state index in [-0.39, 0.29) is 11.7 Å². The zero-order valence-electron chi connectivity index (χ0n) is 15.4. The third-order valence-electron chi connectivity index (χ3n) is 4.49. The predicted octanol–water partition coefficient (Wildman–Crippen LogP) is 5.02. The van der Waals surface area contributed by atoms with Gasteiger partial charge in [-0.25, -0.2) is 4.39 Å². The highest BCUT2D eigenvalue weighted by atomic mass is 19.1. The number of hydrogen-bond acceptors (Lipinski definition) is 4. The largest absolute Gasteiger partial charge is 0.405 e. The molecule has 1 aromatic heterocycles. The van der Waals surface area contributed by atoms with Crippen molar-refractivity contribution in [3.8, 4) is 17.1 Å². The van der Waals surface area contributed by atoms with Crippen LogP contribution in [-0.4, -0.2) is 16.2 Å². The van der Waals surface area contributed by atoms with Crippen molar-refractivity contribution in [2.24, 2.45) is 0 Å². The molecule has 4 rings (SSSR count). The van der Waals surface area contributed by atoms with Gasteiger partial charge in [0.15, 0.2) is 0 Å². The van der Waals surface area contributed by atoms with E-state index in [1.807, 2.05) is 60.7 Å². The lowest BCUT2D eigenvalue weighted by Crippen LogP contribution is -2.20. The first-order chi connectivity index (χ1) is 14.2. The summed E-state index contributed by atoms with van der Waals surface area (Å²) in [4.78, 5) is 13.0. The molecule has 4 aromatic rings. The van der Waals surface area contributed by atoms with E-state index in [4.69, 9.17) is 4.74 Å². The standard InChI is InChI=1S/C24H17FN2O2/c25-20-13-11-17(12-14-20)21-15-16-22(27-26-21)29-24(28)23(18-7-3-1-4-8-18)19-9-5-2-6-10-19/h1-16,23H. The number of ether oxygens (including phenoxy) is 1. The Morgan fingerprint density at radius 1 is 0.724 bits per heavy atom. The number of nitrogens with zero attached hydrogens (tertiary/aromatic N) is 2. The minimum absolute atomic E-state index is 0.109. The number of esters is 1. The number of carbonyl (C=O) groups is 1. The SMILES string of the molecule is O=C(Oc1ccc(-c2ccc(F)cc2)nn1)C(c1ccccc1)c1ccccc1. The molecule has 0 aliphatic carbocycles. The van der Waals surface area contributed by atoms with E-state index in [2.05, 4.69) is 10.2 Å². The number of rotatable bonds is 5. The van der Waals surface area contributed by atoms with Gasteiger partial charge in [-0.1, -0.05) is 60.7 Å². The van der Waals surface area contributed by atoms with E-state index in [9.17, 15) is 9.18 Å². The molecule has 0 unspecified atom stereocenters. The van der Waals surface area contributed by atoms with Crippen molar-refractivity contribution in [3.63, 3.8) is 0 Å². The van der Waals surface area contributed by atoms with Gasteiger partial charge in [0.1, 0.15) is 11.7 Å². The number of halogens is 1. The summed E-state index contributed by atoms with van der Waals surface area (Å²) in [5, 5.41) is 8.09. The lowest BCUT2D eigenvalue weighted by Gasteiger charge is -2.16. The summed E-state index contributed by atoms with van der Waals surface area (Å²) in [5.74, 6) is -1.22. The maximum Gasteiger partial charge on any atom is 0.324 e. The van der Waals surface area contributed by atoms with Crippen LogP contribution in [-0.2, 0) is 4.79 Å². The summed E-state index contributed by atoms with van der Waals surface area (Å²) in [7, 11) is 0. The molecule has 0 N–H and O–H groups in total. The molecule has 0 aliphatic rings. The Morgan fingerprint density at radius 2 is 1.31 bits per heavy atom. The van der Waals surface area contributed by atoms with Crippen molar-refractivity contribution in [1.29, 1.82) is 0 Å². The molecule has 0 radical (unpaired) electrons. The second-order valence-corrected chi connectivity index (χ2v) is 6.44. The van der Waals surface area contributed by atoms with Crippen molar-refractivity contribution in [2.75, 3.05) is 0 Å². The molecular formula is C24H17FN2O2. The van der Waals surface area contributed by atoms with E-state index >= 15 is 0 Å². The van der Waals surface area contributed by atoms with E-state index in [0.29, 0.717) is 5.69 Å². The van der Waals surface area contributed by atoms with Gasteiger partial charge in [0.25, 0.3) is 0 Å². The molecule has 142 valence electrons. The van der Waals surface area contributed by atoms with Crippen molar-refractivity contribution >= 4 is 5.97 Å². The first kappa shape index (κ1) is 18.5. The summed E-state index contributed by atoms with van der Waals surface area (Å²) >= 11 is 0. The van der Waals surface area contributed by atoms with Gasteiger partial charge in [-0.3, -0.25) is 4.79 Å². The fourth-order valence-electron chi connectivity index (χ4n) is 3.07. The van der Waals surface area contributed by atoms with E-state index in [0.717, 1.165) is 16.7 Å². The maximum atomic E-state index is 13.1. The molecule has 0 amide bonds. The van der Waals surface area contributed by atoms with Crippen molar-refractivity contribution in [3.05, 3.63) is 114 Å². The molecule has 0 aliphatic heterocycles. The normalized spacial score (nSPS) is 10.7. The van der Waals surface area contributed by atoms with Gasteiger partial charge in [0, 0.05) is 11.6 Å². The average molecular weight is 384 g/mol. The second-order valence-electron chi connectivity index (χ2n) is 6.44. The van der Waals surface area contributed by atoms with Crippen LogP contribution in [0.2, 0.25) is 0 Å². The predicted molar refractivity (Wildman–Crippen MR) is 108 cm³/mol. The molecule has 0 saturated carbocycles. The highest BCUT2D eigenvalue weighted by Gasteiger charge is 2.25. The van der Waals surface area contributed by atoms with Crippen LogP contribution in [0.25, 0.3) is 11.3 Å². The topological polar surface area (TPSA) is 52.1 Å². The van der Waals surface area contributed by atoms with Crippen LogP contribution in [0.4, 0.5) is 4.39 Å². The van der Waals surface area contributed by atoms with Gasteiger partial charge in [0.2, 0.25) is 5.88 Å². The van der Waals surface area contributed by atoms with Crippen molar-refractivity contribution in [1.82, 2.24) is 10.2 Å². The number of aromatic nitrogens is 2. The zero-order chi connectivity index (χ0) is 20.1. The third kappa shape index (κ3) is 4.35. The Bertz CT molecular complexity index is 1040. The highest BCUT2D eigenvalue weighted by molar-refractivity contribution is 5.83. The summed E-state index contributed by atoms with van der Waals surface area (Å²) < 4.78 is 18.6. The summed E-state index contributed by atoms with van der Waals surface area (Å²) in [6.45, 7) is 0. The van der Waals surface area contributed by atoms with E-state index in [1.54, 1.807) is 24.3 Å². The average Bonchev–Trinajstić information content (AvgIpc) is 2.77. The Morgan fingerprint density at radius 3 is 1.83 bits per heavy atom. The van der Waals surface area contributed by atoms with Crippen LogP contribution in [0, 0.1) is 5.82 Å². The number of benzene rings is 3. The third-order valence-corrected chi connectivity index (χ3v) is 4.49. The molecular weight excluding hydrogens is 367 g/mol. The first-order valence-corrected chi connectivity index (χ1v) is 9.12. The molecule has 29 heavy (non-hydrogen) atoms. The minimum atomic E-state index is -0.573. The van der Waals surface area contributed by atoms with Gasteiger partial charge in [-0.15, -0.1) is 10.2 Å². The summed E-state index contributed by atoms with van der Waals surface area (Å²) in [5.41, 5.74) is 2.95. The Labute approximate surface area is 167 Å². The van der Waals surface area contributed by atoms with Crippen LogP contribution in [0.15, 0.2) is 97.1 Å². The molecule has 0 saturated heterocycles. The maximum absolute atomic E-state index is 13.1. The Balaban J connectivity index is 1.57. The lowest BCUT2D eigenvalue weighted by molar-refractivity contribution is -0.135. The van der Waals surface area contributed by atoms with Crippen LogP contribution >= 0.6 is 0 Å². The number of carbonyl (C=O) groups excluding carboxylic acids is 1. The van der Waals surface area contributed by atoms with Gasteiger partial charge < -0.3 is 4.74 Å². The van der Waals surface area contributed by atoms with Gasteiger partial charge >= 0.3 is 5.97 Å².